The van der Waals surface area contributed by atoms with Crippen LogP contribution in [-0.2, 0) is 6.42 Å². The van der Waals surface area contributed by atoms with Crippen LogP contribution in [-0.4, -0.2) is 13.1 Å². The highest BCUT2D eigenvalue weighted by atomic mass is 32.1. The van der Waals surface area contributed by atoms with Gasteiger partial charge in [-0.15, -0.1) is 11.3 Å². The van der Waals surface area contributed by atoms with Gasteiger partial charge in [-0.25, -0.2) is 0 Å². The summed E-state index contributed by atoms with van der Waals surface area (Å²) in [7, 11) is 0. The second-order valence-corrected chi connectivity index (χ2v) is 8.28. The minimum atomic E-state index is 0.557. The van der Waals surface area contributed by atoms with Crippen LogP contribution in [0.2, 0.25) is 0 Å². The Kier molecular flexibility index (Phi) is 6.10. The molecule has 114 valence electrons. The molecule has 1 nitrogen and oxygen atoms in total. The molecule has 20 heavy (non-hydrogen) atoms. The summed E-state index contributed by atoms with van der Waals surface area (Å²) < 4.78 is 0. The number of rotatable bonds is 7. The maximum atomic E-state index is 3.66. The molecule has 0 aromatic carbocycles. The van der Waals surface area contributed by atoms with Gasteiger partial charge in [0.1, 0.15) is 0 Å². The first-order valence-corrected chi connectivity index (χ1v) is 9.22. The van der Waals surface area contributed by atoms with Crippen LogP contribution in [0.25, 0.3) is 0 Å². The number of nitrogens with one attached hydrogen (secondary N) is 1. The Bertz CT molecular complexity index is 369. The number of thiophene rings is 1. The minimum Gasteiger partial charge on any atom is -0.316 e. The van der Waals surface area contributed by atoms with Crippen molar-refractivity contribution in [3.63, 3.8) is 0 Å². The molecule has 2 atom stereocenters. The van der Waals surface area contributed by atoms with Crippen molar-refractivity contribution >= 4 is 11.3 Å². The summed E-state index contributed by atoms with van der Waals surface area (Å²) in [6.07, 6.45) is 8.14. The monoisotopic (exact) mass is 293 g/mol. The Labute approximate surface area is 129 Å². The molecular weight excluding hydrogens is 262 g/mol. The first-order valence-electron chi connectivity index (χ1n) is 8.34. The summed E-state index contributed by atoms with van der Waals surface area (Å²) in [4.78, 5) is 1.56. The third-order valence-electron chi connectivity index (χ3n) is 4.85. The molecule has 0 radical (unpaired) electrons. The molecule has 1 N–H and O–H groups in total. The average Bonchev–Trinajstić information content (AvgIpc) is 2.91. The van der Waals surface area contributed by atoms with Gasteiger partial charge in [0, 0.05) is 4.88 Å². The van der Waals surface area contributed by atoms with Crippen LogP contribution in [0.3, 0.4) is 0 Å². The van der Waals surface area contributed by atoms with E-state index in [4.69, 9.17) is 0 Å². The lowest BCUT2D eigenvalue weighted by atomic mass is 9.66. The van der Waals surface area contributed by atoms with Crippen LogP contribution in [0.1, 0.15) is 57.8 Å². The molecule has 1 aromatic rings. The molecule has 2 unspecified atom stereocenters. The van der Waals surface area contributed by atoms with Crippen molar-refractivity contribution in [2.75, 3.05) is 13.1 Å². The molecule has 0 saturated heterocycles. The summed E-state index contributed by atoms with van der Waals surface area (Å²) in [6, 6.07) is 4.48. The quantitative estimate of drug-likeness (QED) is 0.688. The fraction of sp³-hybridized carbons (Fsp3) is 0.778. The third kappa shape index (κ3) is 4.89. The molecule has 0 amide bonds. The normalized spacial score (nSPS) is 25.8. The summed E-state index contributed by atoms with van der Waals surface area (Å²) in [5.41, 5.74) is 0.557. The smallest absolute Gasteiger partial charge is 0.00453 e. The highest BCUT2D eigenvalue weighted by molar-refractivity contribution is 7.09. The van der Waals surface area contributed by atoms with Crippen LogP contribution >= 0.6 is 11.3 Å². The molecule has 1 heterocycles. The molecule has 1 aromatic heterocycles. The second kappa shape index (κ2) is 7.61. The maximum absolute atomic E-state index is 3.66. The van der Waals surface area contributed by atoms with Gasteiger partial charge in [0.05, 0.1) is 0 Å². The van der Waals surface area contributed by atoms with Crippen molar-refractivity contribution in [1.82, 2.24) is 5.32 Å². The Morgan fingerprint density at radius 1 is 1.35 bits per heavy atom. The highest BCUT2D eigenvalue weighted by Gasteiger charge is 2.34. The molecule has 1 aliphatic carbocycles. The number of hydrogen-bond donors (Lipinski definition) is 1. The zero-order valence-corrected chi connectivity index (χ0v) is 14.3. The molecular formula is C18H31NS. The Balaban J connectivity index is 1.87. The molecule has 2 heteroatoms. The van der Waals surface area contributed by atoms with Gasteiger partial charge in [0.2, 0.25) is 0 Å². The van der Waals surface area contributed by atoms with Crippen LogP contribution in [0.4, 0.5) is 0 Å². The van der Waals surface area contributed by atoms with Crippen LogP contribution in [0, 0.1) is 17.3 Å². The Morgan fingerprint density at radius 3 is 2.90 bits per heavy atom. The lowest BCUT2D eigenvalue weighted by Gasteiger charge is -2.41. The predicted molar refractivity (Wildman–Crippen MR) is 90.4 cm³/mol. The molecule has 1 fully saturated rings. The van der Waals surface area contributed by atoms with Gasteiger partial charge < -0.3 is 5.32 Å². The molecule has 2 rings (SSSR count). The van der Waals surface area contributed by atoms with E-state index in [1.54, 1.807) is 4.88 Å². The van der Waals surface area contributed by atoms with Gasteiger partial charge in [-0.2, -0.15) is 0 Å². The Hall–Kier alpha value is -0.340. The van der Waals surface area contributed by atoms with Crippen molar-refractivity contribution < 1.29 is 0 Å². The van der Waals surface area contributed by atoms with Gasteiger partial charge in [0.15, 0.2) is 0 Å². The number of aryl methyl sites for hydroxylation is 1. The first-order chi connectivity index (χ1) is 9.61. The predicted octanol–water partition coefficient (Wildman–Crippen LogP) is 5.12. The van der Waals surface area contributed by atoms with E-state index in [2.05, 4.69) is 43.6 Å². The topological polar surface area (TPSA) is 12.0 Å². The maximum Gasteiger partial charge on any atom is 0.00453 e. The van der Waals surface area contributed by atoms with Crippen molar-refractivity contribution in [2.24, 2.45) is 17.3 Å². The van der Waals surface area contributed by atoms with Gasteiger partial charge in [-0.3, -0.25) is 0 Å². The van der Waals surface area contributed by atoms with E-state index < -0.39 is 0 Å². The molecule has 0 aliphatic heterocycles. The fourth-order valence-corrected chi connectivity index (χ4v) is 4.37. The fourth-order valence-electron chi connectivity index (χ4n) is 3.64. The van der Waals surface area contributed by atoms with Crippen molar-refractivity contribution in [1.29, 1.82) is 0 Å². The largest absolute Gasteiger partial charge is 0.316 e. The average molecular weight is 294 g/mol. The van der Waals surface area contributed by atoms with E-state index >= 15 is 0 Å². The van der Waals surface area contributed by atoms with E-state index in [1.807, 2.05) is 11.3 Å². The zero-order valence-electron chi connectivity index (χ0n) is 13.5. The molecule has 0 spiro atoms. The molecule has 1 saturated carbocycles. The van der Waals surface area contributed by atoms with Gasteiger partial charge in [-0.05, 0) is 80.3 Å². The van der Waals surface area contributed by atoms with Crippen molar-refractivity contribution in [3.05, 3.63) is 22.4 Å². The Morgan fingerprint density at radius 2 is 2.20 bits per heavy atom. The lowest BCUT2D eigenvalue weighted by Crippen LogP contribution is -2.36. The summed E-state index contributed by atoms with van der Waals surface area (Å²) in [5, 5.41) is 5.87. The van der Waals surface area contributed by atoms with Crippen molar-refractivity contribution in [3.8, 4) is 0 Å². The second-order valence-electron chi connectivity index (χ2n) is 7.25. The van der Waals surface area contributed by atoms with E-state index in [-0.39, 0.29) is 0 Å². The minimum absolute atomic E-state index is 0.557. The zero-order chi connectivity index (χ0) is 14.4. The SMILES string of the molecule is CCCNCC1CCC(C)(C)CC1CCc1cccs1. The lowest BCUT2D eigenvalue weighted by molar-refractivity contribution is 0.110. The van der Waals surface area contributed by atoms with Gasteiger partial charge in [0.25, 0.3) is 0 Å². The van der Waals surface area contributed by atoms with Crippen LogP contribution in [0.5, 0.6) is 0 Å². The van der Waals surface area contributed by atoms with Crippen LogP contribution < -0.4 is 5.32 Å². The van der Waals surface area contributed by atoms with Crippen LogP contribution in [0.15, 0.2) is 17.5 Å². The third-order valence-corrected chi connectivity index (χ3v) is 5.78. The number of hydrogen-bond acceptors (Lipinski definition) is 2. The first kappa shape index (κ1) is 16.0. The van der Waals surface area contributed by atoms with E-state index in [9.17, 15) is 0 Å². The van der Waals surface area contributed by atoms with Crippen molar-refractivity contribution in [2.45, 2.75) is 59.3 Å². The standard InChI is InChI=1S/C18H31NS/c1-4-11-19-14-16-9-10-18(2,3)13-15(16)7-8-17-6-5-12-20-17/h5-6,12,15-16,19H,4,7-11,13-14H2,1-3H3. The van der Waals surface area contributed by atoms with Gasteiger partial charge >= 0.3 is 0 Å². The molecule has 0 bridgehead atoms. The summed E-state index contributed by atoms with van der Waals surface area (Å²) in [6.45, 7) is 9.59. The van der Waals surface area contributed by atoms with E-state index in [0.29, 0.717) is 5.41 Å². The van der Waals surface area contributed by atoms with Gasteiger partial charge in [-0.1, -0.05) is 26.8 Å². The summed E-state index contributed by atoms with van der Waals surface area (Å²) in [5.74, 6) is 1.81. The van der Waals surface area contributed by atoms with E-state index in [1.165, 1.54) is 51.6 Å². The highest BCUT2D eigenvalue weighted by Crippen LogP contribution is 2.43. The summed E-state index contributed by atoms with van der Waals surface area (Å²) >= 11 is 1.92. The van der Waals surface area contributed by atoms with E-state index in [0.717, 1.165) is 11.8 Å². The molecule has 1 aliphatic rings.